The Balaban J connectivity index is 1.97. The molecule has 0 atom stereocenters. The zero-order valence-electron chi connectivity index (χ0n) is 13.4. The van der Waals surface area contributed by atoms with E-state index >= 15 is 0 Å². The minimum absolute atomic E-state index is 0.559. The number of nitrogens with zero attached hydrogens (tertiary/aromatic N) is 2. The predicted octanol–water partition coefficient (Wildman–Crippen LogP) is 2.06. The Labute approximate surface area is 131 Å². The summed E-state index contributed by atoms with van der Waals surface area (Å²) in [5, 5.41) is 4.56. The quantitative estimate of drug-likeness (QED) is 0.744. The van der Waals surface area contributed by atoms with Gasteiger partial charge in [0.1, 0.15) is 0 Å². The first kappa shape index (κ1) is 16.7. The summed E-state index contributed by atoms with van der Waals surface area (Å²) in [5.41, 5.74) is 1.22. The van der Waals surface area contributed by atoms with Crippen LogP contribution in [0.2, 0.25) is 0 Å². The van der Waals surface area contributed by atoms with Gasteiger partial charge >= 0.3 is 0 Å². The van der Waals surface area contributed by atoms with Crippen molar-refractivity contribution >= 4 is 16.5 Å². The summed E-state index contributed by atoms with van der Waals surface area (Å²) < 4.78 is 10.5. The van der Waals surface area contributed by atoms with Crippen molar-refractivity contribution in [1.29, 1.82) is 0 Å². The van der Waals surface area contributed by atoms with E-state index in [0.717, 1.165) is 57.3 Å². The molecule has 1 aromatic rings. The highest BCUT2D eigenvalue weighted by Gasteiger charge is 2.22. The van der Waals surface area contributed by atoms with Gasteiger partial charge in [-0.25, -0.2) is 4.98 Å². The van der Waals surface area contributed by atoms with Gasteiger partial charge in [0.05, 0.1) is 12.3 Å². The van der Waals surface area contributed by atoms with Gasteiger partial charge in [0.2, 0.25) is 0 Å². The molecule has 5 nitrogen and oxygen atoms in total. The van der Waals surface area contributed by atoms with Gasteiger partial charge < -0.3 is 19.7 Å². The van der Waals surface area contributed by atoms with E-state index in [1.165, 1.54) is 10.6 Å². The highest BCUT2D eigenvalue weighted by molar-refractivity contribution is 7.15. The smallest absolute Gasteiger partial charge is 0.185 e. The van der Waals surface area contributed by atoms with Crippen LogP contribution in [0.4, 0.5) is 5.13 Å². The second kappa shape index (κ2) is 8.68. The average molecular weight is 313 g/mol. The molecule has 1 fully saturated rings. The molecule has 0 spiro atoms. The van der Waals surface area contributed by atoms with Gasteiger partial charge in [0.15, 0.2) is 5.13 Å². The fourth-order valence-corrected chi connectivity index (χ4v) is 3.69. The SMILES string of the molecule is CCc1nc(N(C)C2CCOCC2)sc1CNCCOC. The fourth-order valence-electron chi connectivity index (χ4n) is 2.54. The van der Waals surface area contributed by atoms with E-state index in [2.05, 4.69) is 24.2 Å². The van der Waals surface area contributed by atoms with Crippen molar-refractivity contribution in [2.75, 3.05) is 45.4 Å². The minimum Gasteiger partial charge on any atom is -0.383 e. The largest absolute Gasteiger partial charge is 0.383 e. The molecule has 1 aliphatic rings. The molecule has 1 saturated heterocycles. The number of aromatic nitrogens is 1. The normalized spacial score (nSPS) is 16.3. The third-order valence-electron chi connectivity index (χ3n) is 3.91. The van der Waals surface area contributed by atoms with Crippen molar-refractivity contribution < 1.29 is 9.47 Å². The summed E-state index contributed by atoms with van der Waals surface area (Å²) in [7, 11) is 3.89. The third-order valence-corrected chi connectivity index (χ3v) is 5.10. The molecule has 0 aliphatic carbocycles. The van der Waals surface area contributed by atoms with E-state index in [9.17, 15) is 0 Å². The number of anilines is 1. The summed E-state index contributed by atoms with van der Waals surface area (Å²) in [6.45, 7) is 6.41. The molecule has 1 aromatic heterocycles. The van der Waals surface area contributed by atoms with Crippen molar-refractivity contribution in [3.8, 4) is 0 Å². The van der Waals surface area contributed by atoms with Crippen LogP contribution < -0.4 is 10.2 Å². The number of methoxy groups -OCH3 is 1. The lowest BCUT2D eigenvalue weighted by molar-refractivity contribution is 0.0855. The molecule has 1 aliphatic heterocycles. The minimum atomic E-state index is 0.559. The number of hydrogen-bond acceptors (Lipinski definition) is 6. The standard InChI is InChI=1S/C15H27N3O2S/c1-4-13-14(11-16-7-10-19-3)21-15(17-13)18(2)12-5-8-20-9-6-12/h12,16H,4-11H2,1-3H3. The number of aryl methyl sites for hydroxylation is 1. The highest BCUT2D eigenvalue weighted by atomic mass is 32.1. The Kier molecular flexibility index (Phi) is 6.89. The zero-order chi connectivity index (χ0) is 15.1. The van der Waals surface area contributed by atoms with Crippen molar-refractivity contribution in [2.45, 2.75) is 38.8 Å². The molecule has 0 aromatic carbocycles. The molecule has 6 heteroatoms. The maximum atomic E-state index is 5.45. The number of hydrogen-bond donors (Lipinski definition) is 1. The molecule has 0 amide bonds. The van der Waals surface area contributed by atoms with Crippen LogP contribution in [0.25, 0.3) is 0 Å². The molecule has 1 N–H and O–H groups in total. The van der Waals surface area contributed by atoms with Crippen molar-refractivity contribution in [3.05, 3.63) is 10.6 Å². The van der Waals surface area contributed by atoms with E-state index in [0.29, 0.717) is 6.04 Å². The predicted molar refractivity (Wildman–Crippen MR) is 87.3 cm³/mol. The van der Waals surface area contributed by atoms with Crippen LogP contribution in [-0.2, 0) is 22.4 Å². The fraction of sp³-hybridized carbons (Fsp3) is 0.800. The summed E-state index contributed by atoms with van der Waals surface area (Å²) in [4.78, 5) is 8.52. The monoisotopic (exact) mass is 313 g/mol. The maximum Gasteiger partial charge on any atom is 0.185 e. The molecule has 0 unspecified atom stereocenters. The van der Waals surface area contributed by atoms with E-state index in [-0.39, 0.29) is 0 Å². The lowest BCUT2D eigenvalue weighted by atomic mass is 10.1. The van der Waals surface area contributed by atoms with Crippen LogP contribution in [-0.4, -0.2) is 51.5 Å². The van der Waals surface area contributed by atoms with Gasteiger partial charge in [-0.05, 0) is 19.3 Å². The van der Waals surface area contributed by atoms with Crippen LogP contribution in [0.15, 0.2) is 0 Å². The zero-order valence-corrected chi connectivity index (χ0v) is 14.2. The van der Waals surface area contributed by atoms with Gasteiger partial charge in [-0.2, -0.15) is 0 Å². The van der Waals surface area contributed by atoms with Gasteiger partial charge in [-0.3, -0.25) is 0 Å². The molecule has 120 valence electrons. The third kappa shape index (κ3) is 4.64. The first-order valence-electron chi connectivity index (χ1n) is 7.75. The number of rotatable bonds is 8. The summed E-state index contributed by atoms with van der Waals surface area (Å²) in [5.74, 6) is 0. The van der Waals surface area contributed by atoms with Crippen LogP contribution in [0, 0.1) is 0 Å². The Hall–Kier alpha value is -0.690. The van der Waals surface area contributed by atoms with Crippen LogP contribution >= 0.6 is 11.3 Å². The van der Waals surface area contributed by atoms with Crippen LogP contribution in [0.1, 0.15) is 30.3 Å². The Morgan fingerprint density at radius 3 is 2.86 bits per heavy atom. The second-order valence-corrected chi connectivity index (χ2v) is 6.41. The Bertz CT molecular complexity index is 419. The van der Waals surface area contributed by atoms with Crippen molar-refractivity contribution in [3.63, 3.8) is 0 Å². The lowest BCUT2D eigenvalue weighted by Crippen LogP contribution is -2.36. The van der Waals surface area contributed by atoms with Crippen LogP contribution in [0.3, 0.4) is 0 Å². The number of thiazole rings is 1. The van der Waals surface area contributed by atoms with Gasteiger partial charge in [-0.15, -0.1) is 11.3 Å². The summed E-state index contributed by atoms with van der Waals surface area (Å²) in [6, 6.07) is 0.559. The molecule has 2 rings (SSSR count). The summed E-state index contributed by atoms with van der Waals surface area (Å²) >= 11 is 1.81. The average Bonchev–Trinajstić information content (AvgIpc) is 2.95. The maximum absolute atomic E-state index is 5.45. The molecular weight excluding hydrogens is 286 g/mol. The Morgan fingerprint density at radius 1 is 1.43 bits per heavy atom. The number of ether oxygens (including phenoxy) is 2. The first-order chi connectivity index (χ1) is 10.3. The molecule has 21 heavy (non-hydrogen) atoms. The van der Waals surface area contributed by atoms with Gasteiger partial charge in [0, 0.05) is 51.4 Å². The topological polar surface area (TPSA) is 46.6 Å². The van der Waals surface area contributed by atoms with Crippen molar-refractivity contribution in [1.82, 2.24) is 10.3 Å². The molecule has 0 radical (unpaired) electrons. The first-order valence-corrected chi connectivity index (χ1v) is 8.56. The van der Waals surface area contributed by atoms with Crippen molar-refractivity contribution in [2.24, 2.45) is 0 Å². The summed E-state index contributed by atoms with van der Waals surface area (Å²) in [6.07, 6.45) is 3.18. The molecule has 0 saturated carbocycles. The van der Waals surface area contributed by atoms with E-state index in [1.807, 2.05) is 11.3 Å². The number of nitrogens with one attached hydrogen (secondary N) is 1. The van der Waals surface area contributed by atoms with Crippen LogP contribution in [0.5, 0.6) is 0 Å². The highest BCUT2D eigenvalue weighted by Crippen LogP contribution is 2.29. The molecule has 2 heterocycles. The van der Waals surface area contributed by atoms with Gasteiger partial charge in [-0.1, -0.05) is 6.92 Å². The van der Waals surface area contributed by atoms with E-state index in [1.54, 1.807) is 7.11 Å². The van der Waals surface area contributed by atoms with E-state index in [4.69, 9.17) is 14.5 Å². The van der Waals surface area contributed by atoms with Gasteiger partial charge in [0.25, 0.3) is 0 Å². The molecular formula is C15H27N3O2S. The Morgan fingerprint density at radius 2 is 2.19 bits per heavy atom. The second-order valence-electron chi connectivity index (χ2n) is 5.34. The molecule has 0 bridgehead atoms. The lowest BCUT2D eigenvalue weighted by Gasteiger charge is -2.30. The van der Waals surface area contributed by atoms with E-state index < -0.39 is 0 Å².